The molecule has 0 unspecified atom stereocenters. The van der Waals surface area contributed by atoms with E-state index < -0.39 is 5.63 Å². The van der Waals surface area contributed by atoms with Crippen molar-refractivity contribution in [1.29, 1.82) is 0 Å². The van der Waals surface area contributed by atoms with Gasteiger partial charge < -0.3 is 14.5 Å². The van der Waals surface area contributed by atoms with Gasteiger partial charge in [-0.15, -0.1) is 0 Å². The lowest BCUT2D eigenvalue weighted by Crippen LogP contribution is -2.36. The molecule has 2 rings (SSSR count). The smallest absolute Gasteiger partial charge is 0.336 e. The second-order valence-corrected chi connectivity index (χ2v) is 6.51. The van der Waals surface area contributed by atoms with Gasteiger partial charge in [-0.25, -0.2) is 4.79 Å². The van der Waals surface area contributed by atoms with Crippen molar-refractivity contribution in [1.82, 2.24) is 5.32 Å². The van der Waals surface area contributed by atoms with E-state index >= 15 is 0 Å². The Morgan fingerprint density at radius 1 is 1.24 bits per heavy atom. The van der Waals surface area contributed by atoms with Gasteiger partial charge in [0, 0.05) is 23.6 Å². The largest absolute Gasteiger partial charge is 0.484 e. The molecular weight excluding hydrogens is 318 g/mol. The molecule has 0 saturated heterocycles. The molecular formula is C20H27NO4. The fourth-order valence-electron chi connectivity index (χ4n) is 2.81. The van der Waals surface area contributed by atoms with Crippen molar-refractivity contribution in [2.45, 2.75) is 58.9 Å². The number of hydrogen-bond donors (Lipinski definition) is 1. The van der Waals surface area contributed by atoms with Crippen LogP contribution in [0.3, 0.4) is 0 Å². The number of fused-ring (bicyclic) bond motifs is 1. The highest BCUT2D eigenvalue weighted by Gasteiger charge is 2.09. The average Bonchev–Trinajstić information content (AvgIpc) is 2.56. The summed E-state index contributed by atoms with van der Waals surface area (Å²) in [4.78, 5) is 23.4. The average molecular weight is 345 g/mol. The number of aryl methyl sites for hydroxylation is 1. The number of rotatable bonds is 9. The summed E-state index contributed by atoms with van der Waals surface area (Å²) < 4.78 is 10.7. The second kappa shape index (κ2) is 9.25. The Bertz CT molecular complexity index is 766. The molecule has 0 bridgehead atoms. The van der Waals surface area contributed by atoms with Gasteiger partial charge in [-0.05, 0) is 38.0 Å². The molecule has 0 fully saturated rings. The monoisotopic (exact) mass is 345 g/mol. The first-order chi connectivity index (χ1) is 12.0. The first-order valence-electron chi connectivity index (χ1n) is 8.96. The lowest BCUT2D eigenvalue weighted by atomic mass is 10.1. The Balaban J connectivity index is 1.85. The maximum Gasteiger partial charge on any atom is 0.336 e. The maximum absolute atomic E-state index is 12.0. The molecule has 25 heavy (non-hydrogen) atoms. The Morgan fingerprint density at radius 2 is 2.04 bits per heavy atom. The van der Waals surface area contributed by atoms with Crippen LogP contribution in [-0.4, -0.2) is 18.6 Å². The summed E-state index contributed by atoms with van der Waals surface area (Å²) in [5, 5.41) is 3.80. The van der Waals surface area contributed by atoms with Crippen molar-refractivity contribution >= 4 is 16.9 Å². The molecule has 1 N–H and O–H groups in total. The normalized spacial score (nSPS) is 12.1. The van der Waals surface area contributed by atoms with E-state index in [0.29, 0.717) is 11.3 Å². The zero-order chi connectivity index (χ0) is 18.2. The van der Waals surface area contributed by atoms with Gasteiger partial charge in [0.1, 0.15) is 11.3 Å². The number of carbonyl (C=O) groups is 1. The van der Waals surface area contributed by atoms with Gasteiger partial charge in [0.15, 0.2) is 6.61 Å². The van der Waals surface area contributed by atoms with Crippen LogP contribution in [0, 0.1) is 6.92 Å². The maximum atomic E-state index is 12.0. The van der Waals surface area contributed by atoms with E-state index in [2.05, 4.69) is 12.2 Å². The van der Waals surface area contributed by atoms with Crippen molar-refractivity contribution in [2.75, 3.05) is 6.61 Å². The van der Waals surface area contributed by atoms with E-state index in [4.69, 9.17) is 9.15 Å². The van der Waals surface area contributed by atoms with Gasteiger partial charge in [0.25, 0.3) is 5.91 Å². The van der Waals surface area contributed by atoms with Gasteiger partial charge in [-0.3, -0.25) is 4.79 Å². The zero-order valence-corrected chi connectivity index (χ0v) is 15.3. The number of carbonyl (C=O) groups excluding carboxylic acids is 1. The van der Waals surface area contributed by atoms with Crippen LogP contribution >= 0.6 is 0 Å². The highest BCUT2D eigenvalue weighted by molar-refractivity contribution is 5.81. The topological polar surface area (TPSA) is 68.5 Å². The van der Waals surface area contributed by atoms with E-state index in [-0.39, 0.29) is 18.6 Å². The van der Waals surface area contributed by atoms with Crippen LogP contribution in [0.5, 0.6) is 5.75 Å². The summed E-state index contributed by atoms with van der Waals surface area (Å²) in [7, 11) is 0. The van der Waals surface area contributed by atoms with E-state index in [0.717, 1.165) is 23.8 Å². The third-order valence-electron chi connectivity index (χ3n) is 4.19. The minimum absolute atomic E-state index is 0.0547. The Hall–Kier alpha value is -2.30. The number of hydrogen-bond acceptors (Lipinski definition) is 4. The highest BCUT2D eigenvalue weighted by atomic mass is 16.5. The van der Waals surface area contributed by atoms with Crippen molar-refractivity contribution < 1.29 is 13.9 Å². The molecule has 1 atom stereocenters. The molecule has 5 heteroatoms. The van der Waals surface area contributed by atoms with Crippen molar-refractivity contribution in [3.63, 3.8) is 0 Å². The van der Waals surface area contributed by atoms with Crippen molar-refractivity contribution in [3.8, 4) is 5.75 Å². The van der Waals surface area contributed by atoms with Crippen molar-refractivity contribution in [3.05, 3.63) is 40.2 Å². The number of benzene rings is 1. The van der Waals surface area contributed by atoms with E-state index in [9.17, 15) is 9.59 Å². The highest BCUT2D eigenvalue weighted by Crippen LogP contribution is 2.22. The predicted octanol–water partition coefficient (Wildman–Crippen LogP) is 3.96. The van der Waals surface area contributed by atoms with Crippen LogP contribution in [0.2, 0.25) is 0 Å². The molecule has 136 valence electrons. The molecule has 0 radical (unpaired) electrons. The van der Waals surface area contributed by atoms with Crippen LogP contribution < -0.4 is 15.7 Å². The third-order valence-corrected chi connectivity index (χ3v) is 4.19. The lowest BCUT2D eigenvalue weighted by Gasteiger charge is -2.14. The van der Waals surface area contributed by atoms with Gasteiger partial charge in [-0.1, -0.05) is 32.6 Å². The second-order valence-electron chi connectivity index (χ2n) is 6.51. The molecule has 5 nitrogen and oxygen atoms in total. The number of nitrogens with one attached hydrogen (secondary N) is 1. The number of amides is 1. The SMILES string of the molecule is CCCCCC[C@H](C)NC(=O)COc1ccc2c(C)cc(=O)oc2c1. The molecule has 0 aliphatic carbocycles. The summed E-state index contributed by atoms with van der Waals surface area (Å²) in [6.07, 6.45) is 5.75. The number of unbranched alkanes of at least 4 members (excludes halogenated alkanes) is 3. The van der Waals surface area contributed by atoms with Crippen LogP contribution in [0.1, 0.15) is 51.5 Å². The Labute approximate surface area is 148 Å². The zero-order valence-electron chi connectivity index (χ0n) is 15.3. The summed E-state index contributed by atoms with van der Waals surface area (Å²) in [5.74, 6) is 0.362. The summed E-state index contributed by atoms with van der Waals surface area (Å²) in [6, 6.07) is 6.85. The Kier molecular flexibility index (Phi) is 7.04. The summed E-state index contributed by atoms with van der Waals surface area (Å²) in [5.41, 5.74) is 0.927. The predicted molar refractivity (Wildman–Crippen MR) is 99.1 cm³/mol. The molecule has 1 aromatic carbocycles. The fourth-order valence-corrected chi connectivity index (χ4v) is 2.81. The molecule has 0 aliphatic heterocycles. The molecule has 0 spiro atoms. The standard InChI is InChI=1S/C20H27NO4/c1-4-5-6-7-8-15(3)21-19(22)13-24-16-9-10-17-14(2)11-20(23)25-18(17)12-16/h9-12,15H,4-8,13H2,1-3H3,(H,21,22)/t15-/m0/s1. The van der Waals surface area contributed by atoms with Crippen LogP contribution in [0.4, 0.5) is 0 Å². The Morgan fingerprint density at radius 3 is 2.80 bits per heavy atom. The van der Waals surface area contributed by atoms with Gasteiger partial charge >= 0.3 is 5.63 Å². The fraction of sp³-hybridized carbons (Fsp3) is 0.500. The van der Waals surface area contributed by atoms with Gasteiger partial charge in [0.2, 0.25) is 0 Å². The number of ether oxygens (including phenoxy) is 1. The minimum atomic E-state index is -0.392. The first kappa shape index (κ1) is 19.0. The summed E-state index contributed by atoms with van der Waals surface area (Å²) in [6.45, 7) is 6.00. The van der Waals surface area contributed by atoms with Crippen LogP contribution in [0.15, 0.2) is 33.5 Å². The quantitative estimate of drug-likeness (QED) is 0.552. The summed E-state index contributed by atoms with van der Waals surface area (Å²) >= 11 is 0. The minimum Gasteiger partial charge on any atom is -0.484 e. The molecule has 0 aliphatic rings. The van der Waals surface area contributed by atoms with E-state index in [1.807, 2.05) is 19.9 Å². The van der Waals surface area contributed by atoms with E-state index in [1.165, 1.54) is 25.3 Å². The van der Waals surface area contributed by atoms with Crippen LogP contribution in [0.25, 0.3) is 11.0 Å². The van der Waals surface area contributed by atoms with Gasteiger partial charge in [-0.2, -0.15) is 0 Å². The molecule has 0 saturated carbocycles. The first-order valence-corrected chi connectivity index (χ1v) is 8.96. The van der Waals surface area contributed by atoms with Crippen LogP contribution in [-0.2, 0) is 4.79 Å². The van der Waals surface area contributed by atoms with E-state index in [1.54, 1.807) is 12.1 Å². The van der Waals surface area contributed by atoms with Gasteiger partial charge in [0.05, 0.1) is 0 Å². The third kappa shape index (κ3) is 5.93. The van der Waals surface area contributed by atoms with Crippen molar-refractivity contribution in [2.24, 2.45) is 0 Å². The molecule has 1 amide bonds. The molecule has 2 aromatic rings. The molecule has 1 heterocycles. The molecule has 1 aromatic heterocycles. The lowest BCUT2D eigenvalue weighted by molar-refractivity contribution is -0.123.